The first-order valence-electron chi connectivity index (χ1n) is 5.19. The van der Waals surface area contributed by atoms with Crippen LogP contribution in [0, 0.1) is 0 Å². The van der Waals surface area contributed by atoms with Gasteiger partial charge < -0.3 is 11.1 Å². The molecule has 0 radical (unpaired) electrons. The normalized spacial score (nSPS) is 10.4. The Morgan fingerprint density at radius 3 is 2.69 bits per heavy atom. The van der Waals surface area contributed by atoms with Crippen molar-refractivity contribution in [2.24, 2.45) is 5.73 Å². The Hall–Kier alpha value is -1.88. The van der Waals surface area contributed by atoms with E-state index in [0.717, 1.165) is 11.5 Å². The minimum absolute atomic E-state index is 0.394. The van der Waals surface area contributed by atoms with Gasteiger partial charge in [-0.2, -0.15) is 0 Å². The second kappa shape index (κ2) is 4.76. The molecule has 0 spiro atoms. The second-order valence-electron chi connectivity index (χ2n) is 3.48. The van der Waals surface area contributed by atoms with Crippen LogP contribution in [0.5, 0.6) is 0 Å². The number of hydrogen-bond acceptors (Lipinski definition) is 4. The molecule has 16 heavy (non-hydrogen) atoms. The third kappa shape index (κ3) is 2.04. The van der Waals surface area contributed by atoms with Crippen molar-refractivity contribution < 1.29 is 0 Å². The molecule has 2 aromatic rings. The van der Waals surface area contributed by atoms with Crippen LogP contribution in [-0.2, 0) is 13.1 Å². The van der Waals surface area contributed by atoms with Crippen molar-refractivity contribution in [2.45, 2.75) is 13.1 Å². The number of anilines is 1. The van der Waals surface area contributed by atoms with Crippen molar-refractivity contribution in [1.82, 2.24) is 15.0 Å². The standard InChI is InChI=1S/C11H15N5/c1-13-11-10(7-12)14-15-16(11)8-9-5-3-2-4-6-9/h2-6,13H,7-8,12H2,1H3. The lowest BCUT2D eigenvalue weighted by Gasteiger charge is -2.06. The van der Waals surface area contributed by atoms with Crippen molar-refractivity contribution in [3.8, 4) is 0 Å². The van der Waals surface area contributed by atoms with Crippen LogP contribution >= 0.6 is 0 Å². The van der Waals surface area contributed by atoms with Gasteiger partial charge >= 0.3 is 0 Å². The Morgan fingerprint density at radius 2 is 2.06 bits per heavy atom. The average Bonchev–Trinajstić information content (AvgIpc) is 2.72. The van der Waals surface area contributed by atoms with Gasteiger partial charge in [0.1, 0.15) is 11.5 Å². The van der Waals surface area contributed by atoms with Crippen molar-refractivity contribution in [1.29, 1.82) is 0 Å². The predicted octanol–water partition coefficient (Wildman–Crippen LogP) is 0.827. The van der Waals surface area contributed by atoms with Gasteiger partial charge in [-0.25, -0.2) is 4.68 Å². The van der Waals surface area contributed by atoms with Gasteiger partial charge in [-0.15, -0.1) is 5.10 Å². The lowest BCUT2D eigenvalue weighted by Crippen LogP contribution is -2.08. The average molecular weight is 217 g/mol. The minimum Gasteiger partial charge on any atom is -0.372 e. The molecule has 2 rings (SSSR count). The maximum Gasteiger partial charge on any atom is 0.149 e. The number of hydrogen-bond donors (Lipinski definition) is 2. The van der Waals surface area contributed by atoms with E-state index in [0.29, 0.717) is 13.1 Å². The smallest absolute Gasteiger partial charge is 0.149 e. The molecule has 0 saturated carbocycles. The van der Waals surface area contributed by atoms with Gasteiger partial charge in [0.05, 0.1) is 6.54 Å². The molecule has 84 valence electrons. The highest BCUT2D eigenvalue weighted by atomic mass is 15.5. The number of nitrogens with zero attached hydrogens (tertiary/aromatic N) is 3. The van der Waals surface area contributed by atoms with Gasteiger partial charge in [0, 0.05) is 13.6 Å². The highest BCUT2D eigenvalue weighted by molar-refractivity contribution is 5.39. The van der Waals surface area contributed by atoms with E-state index < -0.39 is 0 Å². The van der Waals surface area contributed by atoms with Crippen LogP contribution in [0.1, 0.15) is 11.3 Å². The number of rotatable bonds is 4. The molecule has 5 nitrogen and oxygen atoms in total. The number of aromatic nitrogens is 3. The molecule has 0 amide bonds. The molecule has 1 aromatic carbocycles. The molecule has 3 N–H and O–H groups in total. The maximum absolute atomic E-state index is 5.58. The van der Waals surface area contributed by atoms with Crippen LogP contribution in [0.25, 0.3) is 0 Å². The Bertz CT molecular complexity index is 449. The molecule has 0 unspecified atom stereocenters. The summed E-state index contributed by atoms with van der Waals surface area (Å²) < 4.78 is 1.82. The summed E-state index contributed by atoms with van der Waals surface area (Å²) in [4.78, 5) is 0. The number of nitrogens with one attached hydrogen (secondary N) is 1. The van der Waals surface area contributed by atoms with E-state index in [-0.39, 0.29) is 0 Å². The summed E-state index contributed by atoms with van der Waals surface area (Å²) in [5.74, 6) is 0.881. The Kier molecular flexibility index (Phi) is 3.16. The predicted molar refractivity (Wildman–Crippen MR) is 63.0 cm³/mol. The van der Waals surface area contributed by atoms with Gasteiger partial charge in [-0.3, -0.25) is 0 Å². The number of nitrogens with two attached hydrogens (primary N) is 1. The molecule has 1 aromatic heterocycles. The Balaban J connectivity index is 2.25. The van der Waals surface area contributed by atoms with Crippen LogP contribution in [0.15, 0.2) is 30.3 Å². The summed E-state index contributed by atoms with van der Waals surface area (Å²) in [6.45, 7) is 1.09. The van der Waals surface area contributed by atoms with Crippen LogP contribution < -0.4 is 11.1 Å². The van der Waals surface area contributed by atoms with Gasteiger partial charge in [0.25, 0.3) is 0 Å². The highest BCUT2D eigenvalue weighted by Gasteiger charge is 2.09. The topological polar surface area (TPSA) is 68.8 Å². The summed E-state index contributed by atoms with van der Waals surface area (Å²) in [6.07, 6.45) is 0. The fourth-order valence-electron chi connectivity index (χ4n) is 1.63. The first-order valence-corrected chi connectivity index (χ1v) is 5.19. The molecule has 0 aliphatic carbocycles. The zero-order chi connectivity index (χ0) is 11.4. The van der Waals surface area contributed by atoms with E-state index in [1.165, 1.54) is 5.56 Å². The van der Waals surface area contributed by atoms with Crippen LogP contribution in [0.2, 0.25) is 0 Å². The van der Waals surface area contributed by atoms with Gasteiger partial charge in [0.2, 0.25) is 0 Å². The first kappa shape index (κ1) is 10.6. The third-order valence-corrected chi connectivity index (χ3v) is 2.41. The van der Waals surface area contributed by atoms with Crippen molar-refractivity contribution >= 4 is 5.82 Å². The molecule has 1 heterocycles. The molecule has 5 heteroatoms. The van der Waals surface area contributed by atoms with E-state index in [1.807, 2.05) is 29.9 Å². The van der Waals surface area contributed by atoms with Crippen molar-refractivity contribution in [2.75, 3.05) is 12.4 Å². The molecule has 0 bridgehead atoms. The van der Waals surface area contributed by atoms with E-state index in [1.54, 1.807) is 0 Å². The minimum atomic E-state index is 0.394. The van der Waals surface area contributed by atoms with Crippen LogP contribution in [-0.4, -0.2) is 22.0 Å². The molecule has 0 saturated heterocycles. The largest absolute Gasteiger partial charge is 0.372 e. The van der Waals surface area contributed by atoms with Crippen molar-refractivity contribution in [3.63, 3.8) is 0 Å². The summed E-state index contributed by atoms with van der Waals surface area (Å²) in [5.41, 5.74) is 7.55. The van der Waals surface area contributed by atoms with E-state index in [4.69, 9.17) is 5.73 Å². The molecular formula is C11H15N5. The van der Waals surface area contributed by atoms with E-state index >= 15 is 0 Å². The van der Waals surface area contributed by atoms with Crippen molar-refractivity contribution in [3.05, 3.63) is 41.6 Å². The molecule has 0 aliphatic heterocycles. The summed E-state index contributed by atoms with van der Waals surface area (Å²) >= 11 is 0. The Labute approximate surface area is 94.3 Å². The van der Waals surface area contributed by atoms with Gasteiger partial charge in [-0.1, -0.05) is 35.5 Å². The zero-order valence-corrected chi connectivity index (χ0v) is 9.22. The monoisotopic (exact) mass is 217 g/mol. The third-order valence-electron chi connectivity index (χ3n) is 2.41. The summed E-state index contributed by atoms with van der Waals surface area (Å²) in [7, 11) is 1.85. The van der Waals surface area contributed by atoms with E-state index in [2.05, 4.69) is 27.8 Å². The van der Waals surface area contributed by atoms with Gasteiger partial charge in [0.15, 0.2) is 0 Å². The fraction of sp³-hybridized carbons (Fsp3) is 0.273. The molecular weight excluding hydrogens is 202 g/mol. The SMILES string of the molecule is CNc1c(CN)nnn1Cc1ccccc1. The second-order valence-corrected chi connectivity index (χ2v) is 3.48. The number of benzene rings is 1. The summed E-state index contributed by atoms with van der Waals surface area (Å²) in [6, 6.07) is 10.1. The zero-order valence-electron chi connectivity index (χ0n) is 9.22. The van der Waals surface area contributed by atoms with E-state index in [9.17, 15) is 0 Å². The molecule has 0 atom stereocenters. The van der Waals surface area contributed by atoms with Gasteiger partial charge in [-0.05, 0) is 5.56 Å². The lowest BCUT2D eigenvalue weighted by atomic mass is 10.2. The van der Waals surface area contributed by atoms with Crippen LogP contribution in [0.4, 0.5) is 5.82 Å². The quantitative estimate of drug-likeness (QED) is 0.795. The van der Waals surface area contributed by atoms with Crippen LogP contribution in [0.3, 0.4) is 0 Å². The maximum atomic E-state index is 5.58. The molecule has 0 fully saturated rings. The fourth-order valence-corrected chi connectivity index (χ4v) is 1.63. The first-order chi connectivity index (χ1) is 7.85. The molecule has 0 aliphatic rings. The summed E-state index contributed by atoms with van der Waals surface area (Å²) in [5, 5.41) is 11.2. The highest BCUT2D eigenvalue weighted by Crippen LogP contribution is 2.12. The lowest BCUT2D eigenvalue weighted by molar-refractivity contribution is 0.655. The Morgan fingerprint density at radius 1 is 1.31 bits per heavy atom.